The number of likely N-dealkylation sites (tertiary alicyclic amines) is 2. The average molecular weight is 859 g/mol. The molecule has 3 aliphatic heterocycles. The van der Waals surface area contributed by atoms with Crippen molar-refractivity contribution in [1.82, 2.24) is 40.4 Å². The van der Waals surface area contributed by atoms with Gasteiger partial charge in [0.05, 0.1) is 49.2 Å². The van der Waals surface area contributed by atoms with Crippen molar-refractivity contribution in [3.05, 3.63) is 72.4 Å². The Bertz CT molecular complexity index is 2510. The van der Waals surface area contributed by atoms with E-state index in [1.54, 1.807) is 0 Å². The monoisotopic (exact) mass is 858 g/mol. The molecule has 0 spiro atoms. The van der Waals surface area contributed by atoms with Crippen molar-refractivity contribution in [1.29, 1.82) is 0 Å². The summed E-state index contributed by atoms with van der Waals surface area (Å²) in [6.07, 6.45) is 5.68. The number of nitrogens with zero attached hydrogens (tertiary/aromatic N) is 4. The van der Waals surface area contributed by atoms with Crippen LogP contribution in [0.5, 0.6) is 0 Å². The van der Waals surface area contributed by atoms with Crippen LogP contribution in [-0.2, 0) is 23.8 Å². The molecule has 0 radical (unpaired) electrons. The number of carbonyl (C=O) groups excluding carboxylic acids is 4. The van der Waals surface area contributed by atoms with Gasteiger partial charge in [0.25, 0.3) is 0 Å². The number of nitrogens with one attached hydrogen (secondary N) is 4. The third-order valence-corrected chi connectivity index (χ3v) is 14.4. The van der Waals surface area contributed by atoms with E-state index in [0.717, 1.165) is 81.5 Å². The van der Waals surface area contributed by atoms with E-state index >= 15 is 0 Å². The minimum absolute atomic E-state index is 0.0276. The highest BCUT2D eigenvalue weighted by Gasteiger charge is 2.52. The molecule has 63 heavy (non-hydrogen) atoms. The summed E-state index contributed by atoms with van der Waals surface area (Å²) in [5.74, 6) is 1.67. The Morgan fingerprint density at radius 1 is 0.794 bits per heavy atom. The van der Waals surface area contributed by atoms with E-state index in [1.807, 2.05) is 35.9 Å². The first-order chi connectivity index (χ1) is 30.4. The number of benzene rings is 3. The lowest BCUT2D eigenvalue weighted by Gasteiger charge is -2.39. The highest BCUT2D eigenvalue weighted by molar-refractivity contribution is 6.05. The molecular formula is C48H58N8O7. The fourth-order valence-electron chi connectivity index (χ4n) is 10.8. The van der Waals surface area contributed by atoms with Gasteiger partial charge >= 0.3 is 12.2 Å². The summed E-state index contributed by atoms with van der Waals surface area (Å²) in [5.41, 5.74) is 5.75. The van der Waals surface area contributed by atoms with Gasteiger partial charge in [-0.1, -0.05) is 63.2 Å². The Hall–Kier alpha value is -5.96. The Labute approximate surface area is 367 Å². The van der Waals surface area contributed by atoms with E-state index in [4.69, 9.17) is 24.2 Å². The van der Waals surface area contributed by atoms with E-state index in [2.05, 4.69) is 83.0 Å². The van der Waals surface area contributed by atoms with Gasteiger partial charge in [-0.25, -0.2) is 19.6 Å². The molecule has 1 saturated carbocycles. The largest absolute Gasteiger partial charge is 0.453 e. The Morgan fingerprint density at radius 2 is 1.51 bits per heavy atom. The van der Waals surface area contributed by atoms with Crippen LogP contribution in [0.1, 0.15) is 90.0 Å². The number of carbonyl (C=O) groups is 4. The summed E-state index contributed by atoms with van der Waals surface area (Å²) in [6, 6.07) is 17.1. The van der Waals surface area contributed by atoms with Crippen molar-refractivity contribution in [2.45, 2.75) is 102 Å². The number of alkyl carbamates (subject to hydrolysis) is 2. The topological polar surface area (TPSA) is 184 Å². The molecule has 3 saturated heterocycles. The highest BCUT2D eigenvalue weighted by atomic mass is 16.5. The quantitative estimate of drug-likeness (QED) is 0.110. The second-order valence-electron chi connectivity index (χ2n) is 18.3. The Kier molecular flexibility index (Phi) is 11.6. The van der Waals surface area contributed by atoms with Crippen molar-refractivity contribution >= 4 is 45.8 Å². The van der Waals surface area contributed by atoms with Crippen molar-refractivity contribution < 1.29 is 33.4 Å². The number of aromatic nitrogens is 4. The van der Waals surface area contributed by atoms with Crippen LogP contribution in [0.15, 0.2) is 60.8 Å². The number of ether oxygens (including phenoxy) is 3. The fourth-order valence-corrected chi connectivity index (χ4v) is 10.8. The third kappa shape index (κ3) is 7.89. The molecule has 2 bridgehead atoms. The van der Waals surface area contributed by atoms with Crippen LogP contribution < -0.4 is 10.6 Å². The number of amides is 4. The molecule has 8 atom stereocenters. The standard InChI is InChI=1S/C48H58N8O7/c1-25(2)39(53-47(59)61-5)45(57)55-27(4)26(3)21-38(55)43-50-36-16-13-32-22-31(12-15-35(32)41(36)52-43)28-7-9-29(10-8-28)37-24-49-44(51-37)42-33-11-14-34(23-33)56(42)46(58)40(54-48(60)62-6)30-17-19-63-20-18-30/h7-10,12-13,15-16,22,24-27,30,33-34,38-40,42H,11,14,17-21,23H2,1-6H3,(H,49,51)(H,50,52)(H,53,59)(H,54,60)/t26-,27-,33+,34-,38+,39+,40+,42+/m1/s1. The van der Waals surface area contributed by atoms with Crippen LogP contribution in [0.4, 0.5) is 9.59 Å². The van der Waals surface area contributed by atoms with Gasteiger partial charge in [-0.2, -0.15) is 0 Å². The number of H-pyrrole nitrogens is 2. The molecule has 1 aliphatic carbocycles. The SMILES string of the molecule is COC(=O)N[C@H](C(=O)N1[C@H](C)[C@H](C)C[C@H]1c1nc2ccc3cc(-c4ccc(-c5cnc([C@@H]6[C@H]7CC[C@H](C7)N6C(=O)[C@@H](NC(=O)OC)C6CCOCC6)[nH]5)cc4)ccc3c2[nH]1)C(C)C. The van der Waals surface area contributed by atoms with Crippen molar-refractivity contribution in [3.8, 4) is 22.4 Å². The van der Waals surface area contributed by atoms with Crippen LogP contribution in [-0.4, -0.2) is 105 Å². The number of aromatic amines is 2. The zero-order chi connectivity index (χ0) is 44.1. The van der Waals surface area contributed by atoms with Gasteiger partial charge in [-0.05, 0) is 103 Å². The molecule has 15 nitrogen and oxygen atoms in total. The van der Waals surface area contributed by atoms with Crippen molar-refractivity contribution in [2.75, 3.05) is 27.4 Å². The molecule has 4 amide bonds. The number of piperidine rings is 1. The average Bonchev–Trinajstić information content (AvgIpc) is 4.16. The summed E-state index contributed by atoms with van der Waals surface area (Å²) in [4.78, 5) is 74.1. The number of hydrogen-bond donors (Lipinski definition) is 4. The lowest BCUT2D eigenvalue weighted by molar-refractivity contribution is -0.140. The number of imidazole rings is 2. The highest BCUT2D eigenvalue weighted by Crippen LogP contribution is 2.50. The first kappa shape index (κ1) is 42.3. The number of methoxy groups -OCH3 is 2. The Balaban J connectivity index is 0.934. The molecule has 4 N–H and O–H groups in total. The van der Waals surface area contributed by atoms with E-state index in [1.165, 1.54) is 14.2 Å². The summed E-state index contributed by atoms with van der Waals surface area (Å²) >= 11 is 0. The van der Waals surface area contributed by atoms with Gasteiger partial charge in [0, 0.05) is 30.7 Å². The molecule has 9 rings (SSSR count). The van der Waals surface area contributed by atoms with Crippen LogP contribution in [0.2, 0.25) is 0 Å². The summed E-state index contributed by atoms with van der Waals surface area (Å²) in [6.45, 7) is 9.17. The van der Waals surface area contributed by atoms with Crippen LogP contribution in [0.25, 0.3) is 44.2 Å². The summed E-state index contributed by atoms with van der Waals surface area (Å²) < 4.78 is 15.4. The third-order valence-electron chi connectivity index (χ3n) is 14.4. The maximum atomic E-state index is 14.4. The molecule has 5 heterocycles. The first-order valence-electron chi connectivity index (χ1n) is 22.4. The van der Waals surface area contributed by atoms with Crippen LogP contribution in [0, 0.1) is 23.7 Å². The lowest BCUT2D eigenvalue weighted by atomic mass is 9.89. The van der Waals surface area contributed by atoms with Crippen molar-refractivity contribution in [2.24, 2.45) is 23.7 Å². The minimum Gasteiger partial charge on any atom is -0.453 e. The zero-order valence-corrected chi connectivity index (χ0v) is 36.9. The summed E-state index contributed by atoms with van der Waals surface area (Å²) in [5, 5.41) is 7.73. The van der Waals surface area contributed by atoms with E-state index < -0.39 is 24.3 Å². The van der Waals surface area contributed by atoms with Gasteiger partial charge < -0.3 is 44.6 Å². The smallest absolute Gasteiger partial charge is 0.407 e. The van der Waals surface area contributed by atoms with Gasteiger partial charge in [0.15, 0.2) is 0 Å². The van der Waals surface area contributed by atoms with Crippen LogP contribution >= 0.6 is 0 Å². The molecule has 4 aliphatic rings. The predicted octanol–water partition coefficient (Wildman–Crippen LogP) is 7.66. The fraction of sp³-hybridized carbons (Fsp3) is 0.500. The molecule has 15 heteroatoms. The first-order valence-corrected chi connectivity index (χ1v) is 22.4. The number of fused-ring (bicyclic) bond motifs is 5. The summed E-state index contributed by atoms with van der Waals surface area (Å²) in [7, 11) is 2.62. The molecule has 5 aromatic rings. The number of hydrogen-bond acceptors (Lipinski definition) is 9. The van der Waals surface area contributed by atoms with E-state index in [9.17, 15) is 19.2 Å². The maximum absolute atomic E-state index is 14.4. The second-order valence-corrected chi connectivity index (χ2v) is 18.3. The van der Waals surface area contributed by atoms with E-state index in [-0.39, 0.29) is 53.7 Å². The molecular weight excluding hydrogens is 801 g/mol. The maximum Gasteiger partial charge on any atom is 0.407 e. The lowest BCUT2D eigenvalue weighted by Crippen LogP contribution is -2.55. The van der Waals surface area contributed by atoms with E-state index in [0.29, 0.717) is 32.0 Å². The molecule has 332 valence electrons. The van der Waals surface area contributed by atoms with Crippen LogP contribution in [0.3, 0.4) is 0 Å². The minimum atomic E-state index is -0.725. The predicted molar refractivity (Wildman–Crippen MR) is 237 cm³/mol. The molecule has 2 aromatic heterocycles. The molecule has 0 unspecified atom stereocenters. The number of rotatable bonds is 10. The normalized spacial score (nSPS) is 24.6. The van der Waals surface area contributed by atoms with Gasteiger partial charge in [0.1, 0.15) is 23.7 Å². The van der Waals surface area contributed by atoms with Gasteiger partial charge in [0.2, 0.25) is 11.8 Å². The van der Waals surface area contributed by atoms with Crippen molar-refractivity contribution in [3.63, 3.8) is 0 Å². The second kappa shape index (κ2) is 17.3. The zero-order valence-electron chi connectivity index (χ0n) is 36.9. The Morgan fingerprint density at radius 3 is 2.24 bits per heavy atom. The van der Waals surface area contributed by atoms with Gasteiger partial charge in [-0.15, -0.1) is 0 Å². The molecule has 4 fully saturated rings. The van der Waals surface area contributed by atoms with Gasteiger partial charge in [-0.3, -0.25) is 9.59 Å². The molecule has 3 aromatic carbocycles.